The molecule has 2 N–H and O–H groups in total. The van der Waals surface area contributed by atoms with Gasteiger partial charge in [-0.2, -0.15) is 13.2 Å². The van der Waals surface area contributed by atoms with Gasteiger partial charge in [-0.05, 0) is 23.9 Å². The molecule has 0 aromatic heterocycles. The van der Waals surface area contributed by atoms with Gasteiger partial charge in [-0.1, -0.05) is 15.9 Å². The molecule has 0 atom stereocenters. The zero-order chi connectivity index (χ0) is 12.2. The van der Waals surface area contributed by atoms with Gasteiger partial charge in [-0.15, -0.1) is 0 Å². The Morgan fingerprint density at radius 1 is 1.31 bits per heavy atom. The summed E-state index contributed by atoms with van der Waals surface area (Å²) in [6, 6.07) is 4.88. The minimum Gasteiger partial charge on any atom is -0.493 e. The third-order valence-corrected chi connectivity index (χ3v) is 2.67. The molecule has 7 heteroatoms. The first kappa shape index (κ1) is 13.5. The highest BCUT2D eigenvalue weighted by Gasteiger charge is 2.27. The van der Waals surface area contributed by atoms with E-state index in [-0.39, 0.29) is 24.1 Å². The van der Waals surface area contributed by atoms with E-state index in [1.54, 1.807) is 18.2 Å². The maximum Gasteiger partial charge on any atom is 0.441 e. The maximum absolute atomic E-state index is 11.8. The molecule has 0 spiro atoms. The summed E-state index contributed by atoms with van der Waals surface area (Å²) in [4.78, 5) is 0. The minimum atomic E-state index is -4.21. The predicted octanol–water partition coefficient (Wildman–Crippen LogP) is 3.66. The van der Waals surface area contributed by atoms with E-state index in [0.717, 1.165) is 4.47 Å². The highest BCUT2D eigenvalue weighted by atomic mass is 79.9. The highest BCUT2D eigenvalue weighted by Crippen LogP contribution is 2.30. The summed E-state index contributed by atoms with van der Waals surface area (Å²) in [7, 11) is 0. The van der Waals surface area contributed by atoms with Crippen molar-refractivity contribution in [1.29, 1.82) is 0 Å². The van der Waals surface area contributed by atoms with Crippen molar-refractivity contribution in [3.8, 4) is 5.75 Å². The molecule has 0 saturated heterocycles. The Morgan fingerprint density at radius 2 is 2.00 bits per heavy atom. The number of rotatable bonds is 4. The predicted molar refractivity (Wildman–Crippen MR) is 62.6 cm³/mol. The SMILES string of the molecule is Nc1cc(Br)cc(OCCSC(F)(F)F)c1. The zero-order valence-corrected chi connectivity index (χ0v) is 10.5. The smallest absolute Gasteiger partial charge is 0.441 e. The van der Waals surface area contributed by atoms with Crippen LogP contribution in [0, 0.1) is 0 Å². The largest absolute Gasteiger partial charge is 0.493 e. The standard InChI is InChI=1S/C9H9BrF3NOS/c10-6-3-7(14)5-8(4-6)15-1-2-16-9(11,12)13/h3-5H,1-2,14H2. The Bertz CT molecular complexity index is 339. The number of anilines is 1. The summed E-state index contributed by atoms with van der Waals surface area (Å²) < 4.78 is 41.2. The van der Waals surface area contributed by atoms with Crippen LogP contribution in [-0.4, -0.2) is 17.9 Å². The van der Waals surface area contributed by atoms with Gasteiger partial charge in [-0.25, -0.2) is 0 Å². The van der Waals surface area contributed by atoms with Crippen LogP contribution in [0.25, 0.3) is 0 Å². The molecule has 0 fully saturated rings. The van der Waals surface area contributed by atoms with Gasteiger partial charge in [0, 0.05) is 22.0 Å². The fraction of sp³-hybridized carbons (Fsp3) is 0.333. The topological polar surface area (TPSA) is 35.2 Å². The number of hydrogen-bond donors (Lipinski definition) is 1. The van der Waals surface area contributed by atoms with Crippen LogP contribution in [0.15, 0.2) is 22.7 Å². The van der Waals surface area contributed by atoms with E-state index < -0.39 is 5.51 Å². The van der Waals surface area contributed by atoms with Crippen molar-refractivity contribution in [1.82, 2.24) is 0 Å². The zero-order valence-electron chi connectivity index (χ0n) is 8.05. The van der Waals surface area contributed by atoms with E-state index in [0.29, 0.717) is 11.4 Å². The molecular formula is C9H9BrF3NOS. The van der Waals surface area contributed by atoms with Gasteiger partial charge in [0.15, 0.2) is 0 Å². The minimum absolute atomic E-state index is 0.0138. The first-order chi connectivity index (χ1) is 7.37. The lowest BCUT2D eigenvalue weighted by molar-refractivity contribution is -0.0329. The van der Waals surface area contributed by atoms with E-state index in [9.17, 15) is 13.2 Å². The molecule has 0 amide bonds. The van der Waals surface area contributed by atoms with Gasteiger partial charge in [0.05, 0.1) is 6.61 Å². The van der Waals surface area contributed by atoms with Crippen LogP contribution in [0.5, 0.6) is 5.75 Å². The molecule has 0 aliphatic heterocycles. The second-order valence-corrected chi connectivity index (χ2v) is 4.94. The van der Waals surface area contributed by atoms with Crippen molar-refractivity contribution < 1.29 is 17.9 Å². The average Bonchev–Trinajstić information content (AvgIpc) is 2.09. The second-order valence-electron chi connectivity index (χ2n) is 2.86. The van der Waals surface area contributed by atoms with Crippen LogP contribution in [0.4, 0.5) is 18.9 Å². The van der Waals surface area contributed by atoms with Crippen molar-refractivity contribution in [2.75, 3.05) is 18.1 Å². The number of nitrogen functional groups attached to an aromatic ring is 1. The molecule has 1 rings (SSSR count). The Hall–Kier alpha value is -0.560. The summed E-state index contributed by atoms with van der Waals surface area (Å²) in [6.07, 6.45) is 0. The fourth-order valence-corrected chi connectivity index (χ4v) is 1.87. The summed E-state index contributed by atoms with van der Waals surface area (Å²) >= 11 is 3.10. The molecule has 0 radical (unpaired) electrons. The van der Waals surface area contributed by atoms with Gasteiger partial charge in [-0.3, -0.25) is 0 Å². The van der Waals surface area contributed by atoms with E-state index in [1.165, 1.54) is 0 Å². The molecule has 0 bridgehead atoms. The monoisotopic (exact) mass is 315 g/mol. The van der Waals surface area contributed by atoms with Crippen molar-refractivity contribution in [3.05, 3.63) is 22.7 Å². The van der Waals surface area contributed by atoms with Crippen LogP contribution in [0.3, 0.4) is 0 Å². The van der Waals surface area contributed by atoms with E-state index in [2.05, 4.69) is 15.9 Å². The van der Waals surface area contributed by atoms with Crippen LogP contribution in [-0.2, 0) is 0 Å². The molecular weight excluding hydrogens is 307 g/mol. The molecule has 16 heavy (non-hydrogen) atoms. The molecule has 1 aromatic rings. The Labute approximate surface area is 103 Å². The number of alkyl halides is 3. The number of ether oxygens (including phenoxy) is 1. The van der Waals surface area contributed by atoms with E-state index >= 15 is 0 Å². The van der Waals surface area contributed by atoms with Crippen molar-refractivity contribution in [2.24, 2.45) is 0 Å². The van der Waals surface area contributed by atoms with E-state index in [1.807, 2.05) is 0 Å². The lowest BCUT2D eigenvalue weighted by atomic mass is 10.3. The van der Waals surface area contributed by atoms with Gasteiger partial charge >= 0.3 is 5.51 Å². The third kappa shape index (κ3) is 5.50. The average molecular weight is 316 g/mol. The molecule has 1 aromatic carbocycles. The van der Waals surface area contributed by atoms with Crippen molar-refractivity contribution >= 4 is 33.4 Å². The van der Waals surface area contributed by atoms with E-state index in [4.69, 9.17) is 10.5 Å². The Balaban J connectivity index is 2.37. The lowest BCUT2D eigenvalue weighted by Gasteiger charge is -2.08. The highest BCUT2D eigenvalue weighted by molar-refractivity contribution is 9.10. The van der Waals surface area contributed by atoms with Crippen molar-refractivity contribution in [2.45, 2.75) is 5.51 Å². The Kier molecular flexibility index (Phi) is 4.79. The van der Waals surface area contributed by atoms with Crippen LogP contribution < -0.4 is 10.5 Å². The third-order valence-electron chi connectivity index (χ3n) is 1.51. The molecule has 0 unspecified atom stereocenters. The van der Waals surface area contributed by atoms with Gasteiger partial charge < -0.3 is 10.5 Å². The molecule has 0 heterocycles. The number of benzene rings is 1. The van der Waals surface area contributed by atoms with Gasteiger partial charge in [0.1, 0.15) is 5.75 Å². The quantitative estimate of drug-likeness (QED) is 0.680. The molecule has 2 nitrogen and oxygen atoms in total. The van der Waals surface area contributed by atoms with Crippen molar-refractivity contribution in [3.63, 3.8) is 0 Å². The number of nitrogens with two attached hydrogens (primary N) is 1. The fourth-order valence-electron chi connectivity index (χ4n) is 0.985. The molecule has 0 saturated carbocycles. The summed E-state index contributed by atoms with van der Waals surface area (Å²) in [5, 5.41) is 0. The summed E-state index contributed by atoms with van der Waals surface area (Å²) in [5.74, 6) is 0.310. The maximum atomic E-state index is 11.8. The summed E-state index contributed by atoms with van der Waals surface area (Å²) in [5.41, 5.74) is 1.82. The molecule has 0 aliphatic rings. The van der Waals surface area contributed by atoms with Crippen LogP contribution >= 0.6 is 27.7 Å². The normalized spacial score (nSPS) is 11.5. The number of thioether (sulfide) groups is 1. The molecule has 0 aliphatic carbocycles. The van der Waals surface area contributed by atoms with Crippen LogP contribution in [0.2, 0.25) is 0 Å². The number of hydrogen-bond acceptors (Lipinski definition) is 3. The lowest BCUT2D eigenvalue weighted by Crippen LogP contribution is -2.07. The van der Waals surface area contributed by atoms with Gasteiger partial charge in [0.2, 0.25) is 0 Å². The van der Waals surface area contributed by atoms with Gasteiger partial charge in [0.25, 0.3) is 0 Å². The summed E-state index contributed by atoms with van der Waals surface area (Å²) in [6.45, 7) is -0.0138. The Morgan fingerprint density at radius 3 is 2.56 bits per heavy atom. The first-order valence-electron chi connectivity index (χ1n) is 4.26. The van der Waals surface area contributed by atoms with Crippen LogP contribution in [0.1, 0.15) is 0 Å². The molecule has 90 valence electrons. The second kappa shape index (κ2) is 5.67. The first-order valence-corrected chi connectivity index (χ1v) is 6.04. The number of halogens is 4.